The van der Waals surface area contributed by atoms with Gasteiger partial charge < -0.3 is 10.2 Å². The molecule has 0 unspecified atom stereocenters. The summed E-state index contributed by atoms with van der Waals surface area (Å²) < 4.78 is 24.4. The SMILES string of the molecule is CCS(=O)(=O)c1ccccc1C(=O)N1CCNC(=O)C1(C)C. The molecule has 7 heteroatoms. The number of piperazine rings is 1. The Bertz CT molecular complexity index is 710. The fourth-order valence-corrected chi connectivity index (χ4v) is 3.56. The molecule has 0 saturated carbocycles. The number of sulfone groups is 1. The van der Waals surface area contributed by atoms with Crippen LogP contribution in [0.25, 0.3) is 0 Å². The molecule has 0 radical (unpaired) electrons. The summed E-state index contributed by atoms with van der Waals surface area (Å²) in [5.74, 6) is -0.767. The van der Waals surface area contributed by atoms with Gasteiger partial charge in [-0.2, -0.15) is 0 Å². The highest BCUT2D eigenvalue weighted by Crippen LogP contribution is 2.24. The van der Waals surface area contributed by atoms with E-state index in [1.165, 1.54) is 24.0 Å². The average molecular weight is 324 g/mol. The molecule has 0 aromatic heterocycles. The van der Waals surface area contributed by atoms with Crippen molar-refractivity contribution >= 4 is 21.7 Å². The summed E-state index contributed by atoms with van der Waals surface area (Å²) >= 11 is 0. The van der Waals surface area contributed by atoms with Crippen LogP contribution in [-0.4, -0.2) is 49.5 Å². The fourth-order valence-electron chi connectivity index (χ4n) is 2.47. The van der Waals surface area contributed by atoms with E-state index >= 15 is 0 Å². The van der Waals surface area contributed by atoms with Gasteiger partial charge in [-0.3, -0.25) is 9.59 Å². The van der Waals surface area contributed by atoms with Gasteiger partial charge in [0.2, 0.25) is 5.91 Å². The van der Waals surface area contributed by atoms with E-state index in [4.69, 9.17) is 0 Å². The lowest BCUT2D eigenvalue weighted by Crippen LogP contribution is -2.63. The molecule has 1 aromatic rings. The molecule has 0 aliphatic carbocycles. The van der Waals surface area contributed by atoms with Crippen LogP contribution >= 0.6 is 0 Å². The number of hydrogen-bond donors (Lipinski definition) is 1. The second kappa shape index (κ2) is 5.72. The van der Waals surface area contributed by atoms with Crippen LogP contribution in [0.2, 0.25) is 0 Å². The van der Waals surface area contributed by atoms with Crippen molar-refractivity contribution in [3.63, 3.8) is 0 Å². The van der Waals surface area contributed by atoms with Crippen LogP contribution in [0.1, 0.15) is 31.1 Å². The minimum atomic E-state index is -3.51. The van der Waals surface area contributed by atoms with Gasteiger partial charge in [-0.05, 0) is 26.0 Å². The van der Waals surface area contributed by atoms with Crippen LogP contribution in [0.3, 0.4) is 0 Å². The highest BCUT2D eigenvalue weighted by atomic mass is 32.2. The van der Waals surface area contributed by atoms with Crippen LogP contribution < -0.4 is 5.32 Å². The Balaban J connectivity index is 2.49. The zero-order chi connectivity index (χ0) is 16.5. The Hall–Kier alpha value is -1.89. The van der Waals surface area contributed by atoms with Gasteiger partial charge in [-0.1, -0.05) is 19.1 Å². The predicted molar refractivity (Wildman–Crippen MR) is 82.3 cm³/mol. The van der Waals surface area contributed by atoms with Gasteiger partial charge in [0.25, 0.3) is 5.91 Å². The molecule has 120 valence electrons. The van der Waals surface area contributed by atoms with E-state index in [1.54, 1.807) is 26.0 Å². The van der Waals surface area contributed by atoms with Gasteiger partial charge in [0.1, 0.15) is 5.54 Å². The second-order valence-electron chi connectivity index (χ2n) is 5.67. The van der Waals surface area contributed by atoms with Gasteiger partial charge in [-0.25, -0.2) is 8.42 Å². The van der Waals surface area contributed by atoms with Crippen LogP contribution in [0, 0.1) is 0 Å². The van der Waals surface area contributed by atoms with Crippen molar-refractivity contribution in [2.75, 3.05) is 18.8 Å². The summed E-state index contributed by atoms with van der Waals surface area (Å²) in [7, 11) is -3.51. The first-order valence-corrected chi connectivity index (χ1v) is 8.79. The van der Waals surface area contributed by atoms with E-state index in [0.29, 0.717) is 13.1 Å². The number of benzene rings is 1. The molecule has 1 aliphatic rings. The van der Waals surface area contributed by atoms with E-state index in [1.807, 2.05) is 0 Å². The molecule has 1 saturated heterocycles. The minimum Gasteiger partial charge on any atom is -0.352 e. The molecule has 0 bridgehead atoms. The third-order valence-electron chi connectivity index (χ3n) is 3.93. The maximum atomic E-state index is 12.8. The van der Waals surface area contributed by atoms with E-state index < -0.39 is 21.3 Å². The van der Waals surface area contributed by atoms with Crippen molar-refractivity contribution in [3.05, 3.63) is 29.8 Å². The molecule has 1 heterocycles. The Morgan fingerprint density at radius 2 is 1.95 bits per heavy atom. The normalized spacial score (nSPS) is 18.0. The van der Waals surface area contributed by atoms with Crippen LogP contribution in [-0.2, 0) is 14.6 Å². The molecule has 1 aromatic carbocycles. The van der Waals surface area contributed by atoms with Crippen LogP contribution in [0.4, 0.5) is 0 Å². The largest absolute Gasteiger partial charge is 0.352 e. The first-order valence-electron chi connectivity index (χ1n) is 7.14. The van der Waals surface area contributed by atoms with Crippen molar-refractivity contribution in [1.29, 1.82) is 0 Å². The van der Waals surface area contributed by atoms with Gasteiger partial charge in [-0.15, -0.1) is 0 Å². The van der Waals surface area contributed by atoms with Crippen molar-refractivity contribution in [2.24, 2.45) is 0 Å². The molecule has 1 N–H and O–H groups in total. The maximum absolute atomic E-state index is 12.8. The Kier molecular flexibility index (Phi) is 4.28. The fraction of sp³-hybridized carbons (Fsp3) is 0.467. The molecular formula is C15H20N2O4S. The van der Waals surface area contributed by atoms with Gasteiger partial charge in [0.05, 0.1) is 16.2 Å². The van der Waals surface area contributed by atoms with Crippen LogP contribution in [0.15, 0.2) is 29.2 Å². The molecule has 2 rings (SSSR count). The molecule has 6 nitrogen and oxygen atoms in total. The van der Waals surface area contributed by atoms with Gasteiger partial charge in [0, 0.05) is 13.1 Å². The van der Waals surface area contributed by atoms with E-state index in [0.717, 1.165) is 0 Å². The lowest BCUT2D eigenvalue weighted by Gasteiger charge is -2.41. The monoisotopic (exact) mass is 324 g/mol. The summed E-state index contributed by atoms with van der Waals surface area (Å²) in [5.41, 5.74) is -0.898. The van der Waals surface area contributed by atoms with E-state index in [9.17, 15) is 18.0 Å². The Morgan fingerprint density at radius 3 is 2.59 bits per heavy atom. The van der Waals surface area contributed by atoms with Crippen molar-refractivity contribution in [2.45, 2.75) is 31.2 Å². The standard InChI is InChI=1S/C15H20N2O4S/c1-4-22(20,21)12-8-6-5-7-11(12)13(18)17-10-9-16-14(19)15(17,2)3/h5-8H,4,9-10H2,1-3H3,(H,16,19). The summed E-state index contributed by atoms with van der Waals surface area (Å²) in [5, 5.41) is 2.71. The highest BCUT2D eigenvalue weighted by Gasteiger charge is 2.41. The second-order valence-corrected chi connectivity index (χ2v) is 7.92. The first kappa shape index (κ1) is 16.5. The van der Waals surface area contributed by atoms with E-state index in [-0.39, 0.29) is 22.1 Å². The summed E-state index contributed by atoms with van der Waals surface area (Å²) in [6.45, 7) is 5.54. The predicted octanol–water partition coefficient (Wildman–Crippen LogP) is 0.831. The Morgan fingerprint density at radius 1 is 1.32 bits per heavy atom. The number of nitrogens with one attached hydrogen (secondary N) is 1. The molecule has 1 aliphatic heterocycles. The molecular weight excluding hydrogens is 304 g/mol. The molecule has 2 amide bonds. The number of nitrogens with zero attached hydrogens (tertiary/aromatic N) is 1. The highest BCUT2D eigenvalue weighted by molar-refractivity contribution is 7.91. The summed E-state index contributed by atoms with van der Waals surface area (Å²) in [4.78, 5) is 26.2. The number of carbonyl (C=O) groups is 2. The number of rotatable bonds is 3. The quantitative estimate of drug-likeness (QED) is 0.893. The molecule has 1 fully saturated rings. The lowest BCUT2D eigenvalue weighted by atomic mass is 9.97. The molecule has 0 spiro atoms. The smallest absolute Gasteiger partial charge is 0.256 e. The third-order valence-corrected chi connectivity index (χ3v) is 5.72. The number of amides is 2. The van der Waals surface area contributed by atoms with E-state index in [2.05, 4.69) is 5.32 Å². The molecule has 22 heavy (non-hydrogen) atoms. The zero-order valence-corrected chi connectivity index (χ0v) is 13.7. The first-order chi connectivity index (χ1) is 10.2. The lowest BCUT2D eigenvalue weighted by molar-refractivity contribution is -0.133. The van der Waals surface area contributed by atoms with Gasteiger partial charge >= 0.3 is 0 Å². The molecule has 0 atom stereocenters. The average Bonchev–Trinajstić information content (AvgIpc) is 2.49. The topological polar surface area (TPSA) is 83.6 Å². The van der Waals surface area contributed by atoms with Crippen LogP contribution in [0.5, 0.6) is 0 Å². The van der Waals surface area contributed by atoms with Crippen molar-refractivity contribution in [3.8, 4) is 0 Å². The zero-order valence-electron chi connectivity index (χ0n) is 12.9. The van der Waals surface area contributed by atoms with Crippen molar-refractivity contribution in [1.82, 2.24) is 10.2 Å². The minimum absolute atomic E-state index is 0.0179. The summed E-state index contributed by atoms with van der Waals surface area (Å²) in [6, 6.07) is 6.14. The Labute approximate surface area is 130 Å². The van der Waals surface area contributed by atoms with Crippen molar-refractivity contribution < 1.29 is 18.0 Å². The number of hydrogen-bond acceptors (Lipinski definition) is 4. The third kappa shape index (κ3) is 2.72. The number of carbonyl (C=O) groups excluding carboxylic acids is 2. The maximum Gasteiger partial charge on any atom is 0.256 e. The summed E-state index contributed by atoms with van der Waals surface area (Å²) in [6.07, 6.45) is 0. The van der Waals surface area contributed by atoms with Gasteiger partial charge in [0.15, 0.2) is 9.84 Å².